The molecule has 8 nitrogen and oxygen atoms in total. The number of rotatable bonds is 9. The molecule has 0 aromatic heterocycles. The molecule has 0 aliphatic carbocycles. The molecule has 0 saturated heterocycles. The fourth-order valence-corrected chi connectivity index (χ4v) is 4.29. The topological polar surface area (TPSA) is 110 Å². The molecule has 2 rings (SSSR count). The largest absolute Gasteiger partial charge is 0.454 e. The lowest BCUT2D eigenvalue weighted by Gasteiger charge is -2.18. The highest BCUT2D eigenvalue weighted by atomic mass is 32.2. The molecule has 1 amide bonds. The van der Waals surface area contributed by atoms with Gasteiger partial charge in [-0.05, 0) is 48.5 Å². The van der Waals surface area contributed by atoms with Crippen molar-refractivity contribution in [1.82, 2.24) is 4.31 Å². The Morgan fingerprint density at radius 3 is 1.88 bits per heavy atom. The number of ketones is 1. The minimum atomic E-state index is -3.62. The third-order valence-corrected chi connectivity index (χ3v) is 6.98. The van der Waals surface area contributed by atoms with Crippen LogP contribution < -0.4 is 5.32 Å². The number of hydrogen-bond acceptors (Lipinski definition) is 6. The summed E-state index contributed by atoms with van der Waals surface area (Å²) in [7, 11) is -3.62. The summed E-state index contributed by atoms with van der Waals surface area (Å²) in [6.45, 7) is 9.11. The van der Waals surface area contributed by atoms with Crippen LogP contribution in [0.15, 0.2) is 53.4 Å². The maximum atomic E-state index is 12.5. The van der Waals surface area contributed by atoms with Crippen LogP contribution in [0.4, 0.5) is 5.69 Å². The number of anilines is 1. The van der Waals surface area contributed by atoms with Crippen molar-refractivity contribution in [3.05, 3.63) is 59.7 Å². The predicted octanol–water partition coefficient (Wildman–Crippen LogP) is 3.74. The number of nitrogens with one attached hydrogen (secondary N) is 1. The van der Waals surface area contributed by atoms with Gasteiger partial charge in [-0.15, -0.1) is 0 Å². The van der Waals surface area contributed by atoms with E-state index in [0.29, 0.717) is 24.3 Å². The summed E-state index contributed by atoms with van der Waals surface area (Å²) in [5.41, 5.74) is 0.484. The number of benzene rings is 2. The first-order valence-electron chi connectivity index (χ1n) is 10.6. The van der Waals surface area contributed by atoms with E-state index in [0.717, 1.165) is 0 Å². The monoisotopic (exact) mass is 474 g/mol. The zero-order valence-electron chi connectivity index (χ0n) is 19.5. The number of esters is 1. The van der Waals surface area contributed by atoms with Crippen molar-refractivity contribution in [3.63, 3.8) is 0 Å². The number of Topliss-reactive ketones (excluding diaryl/α,β-unsaturated/α-hetero) is 1. The van der Waals surface area contributed by atoms with Gasteiger partial charge in [-0.2, -0.15) is 4.31 Å². The average molecular weight is 475 g/mol. The first-order chi connectivity index (χ1) is 15.4. The van der Waals surface area contributed by atoms with Gasteiger partial charge in [-0.25, -0.2) is 13.2 Å². The minimum Gasteiger partial charge on any atom is -0.454 e. The van der Waals surface area contributed by atoms with Gasteiger partial charge >= 0.3 is 5.97 Å². The van der Waals surface area contributed by atoms with Crippen molar-refractivity contribution in [3.8, 4) is 0 Å². The van der Waals surface area contributed by atoms with E-state index in [-0.39, 0.29) is 16.4 Å². The summed E-state index contributed by atoms with van der Waals surface area (Å²) in [6.07, 6.45) is 0. The molecule has 0 aliphatic heterocycles. The van der Waals surface area contributed by atoms with E-state index in [1.54, 1.807) is 58.9 Å². The van der Waals surface area contributed by atoms with Crippen LogP contribution >= 0.6 is 0 Å². The van der Waals surface area contributed by atoms with Crippen molar-refractivity contribution < 1.29 is 27.5 Å². The smallest absolute Gasteiger partial charge is 0.338 e. The predicted molar refractivity (Wildman–Crippen MR) is 126 cm³/mol. The Bertz CT molecular complexity index is 1100. The number of nitrogens with zero attached hydrogens (tertiary/aromatic N) is 1. The van der Waals surface area contributed by atoms with Crippen molar-refractivity contribution in [1.29, 1.82) is 0 Å². The van der Waals surface area contributed by atoms with E-state index in [1.807, 2.05) is 0 Å². The van der Waals surface area contributed by atoms with Gasteiger partial charge in [0, 0.05) is 29.8 Å². The molecule has 9 heteroatoms. The Morgan fingerprint density at radius 2 is 1.39 bits per heavy atom. The first kappa shape index (κ1) is 26.2. The second-order valence-corrected chi connectivity index (χ2v) is 10.3. The fourth-order valence-electron chi connectivity index (χ4n) is 2.83. The Kier molecular flexibility index (Phi) is 8.51. The van der Waals surface area contributed by atoms with E-state index < -0.39 is 33.8 Å². The number of hydrogen-bond donors (Lipinski definition) is 1. The van der Waals surface area contributed by atoms with Crippen molar-refractivity contribution in [2.45, 2.75) is 39.5 Å². The summed E-state index contributed by atoms with van der Waals surface area (Å²) in [4.78, 5) is 36.7. The quantitative estimate of drug-likeness (QED) is 0.438. The Labute approximate surface area is 195 Å². The van der Waals surface area contributed by atoms with Crippen LogP contribution in [0.25, 0.3) is 0 Å². The number of sulfonamides is 1. The van der Waals surface area contributed by atoms with E-state index in [4.69, 9.17) is 4.74 Å². The van der Waals surface area contributed by atoms with Crippen LogP contribution in [0.2, 0.25) is 0 Å². The lowest BCUT2D eigenvalue weighted by Crippen LogP contribution is -2.30. The second kappa shape index (κ2) is 10.7. The summed E-state index contributed by atoms with van der Waals surface area (Å²) in [5.74, 6) is -1.28. The van der Waals surface area contributed by atoms with Gasteiger partial charge in [0.05, 0.1) is 10.5 Å². The van der Waals surface area contributed by atoms with Gasteiger partial charge in [0.15, 0.2) is 12.4 Å². The summed E-state index contributed by atoms with van der Waals surface area (Å²) in [6, 6.07) is 11.7. The molecule has 0 atom stereocenters. The molecule has 33 heavy (non-hydrogen) atoms. The average Bonchev–Trinajstić information content (AvgIpc) is 2.77. The Morgan fingerprint density at radius 1 is 0.879 bits per heavy atom. The van der Waals surface area contributed by atoms with Gasteiger partial charge in [0.2, 0.25) is 15.9 Å². The highest BCUT2D eigenvalue weighted by Gasteiger charge is 2.23. The molecule has 178 valence electrons. The summed E-state index contributed by atoms with van der Waals surface area (Å²) < 4.78 is 31.4. The highest BCUT2D eigenvalue weighted by molar-refractivity contribution is 7.89. The fraction of sp³-hybridized carbons (Fsp3) is 0.375. The number of amides is 1. The van der Waals surface area contributed by atoms with E-state index in [9.17, 15) is 22.8 Å². The van der Waals surface area contributed by atoms with Crippen LogP contribution in [0, 0.1) is 5.41 Å². The molecule has 0 heterocycles. The third-order valence-electron chi connectivity index (χ3n) is 4.91. The van der Waals surface area contributed by atoms with E-state index in [2.05, 4.69) is 5.32 Å². The van der Waals surface area contributed by atoms with Gasteiger partial charge < -0.3 is 10.1 Å². The van der Waals surface area contributed by atoms with Gasteiger partial charge in [0.25, 0.3) is 0 Å². The summed E-state index contributed by atoms with van der Waals surface area (Å²) >= 11 is 0. The second-order valence-electron chi connectivity index (χ2n) is 8.39. The van der Waals surface area contributed by atoms with Gasteiger partial charge in [-0.3, -0.25) is 9.59 Å². The zero-order valence-corrected chi connectivity index (χ0v) is 20.4. The lowest BCUT2D eigenvalue weighted by atomic mass is 9.95. The molecule has 0 bridgehead atoms. The molecule has 1 N–H and O–H groups in total. The number of ether oxygens (including phenoxy) is 1. The SMILES string of the molecule is CCN(CC)S(=O)(=O)c1ccc(C(=O)OCC(=O)c2ccc(NC(=O)C(C)(C)C)cc2)cc1. The molecule has 0 fully saturated rings. The van der Waals surface area contributed by atoms with Gasteiger partial charge in [-0.1, -0.05) is 34.6 Å². The summed E-state index contributed by atoms with van der Waals surface area (Å²) in [5, 5.41) is 2.77. The number of carbonyl (C=O) groups excluding carboxylic acids is 3. The van der Waals surface area contributed by atoms with Gasteiger partial charge in [0.1, 0.15) is 0 Å². The highest BCUT2D eigenvalue weighted by Crippen LogP contribution is 2.19. The Hall–Kier alpha value is -3.04. The van der Waals surface area contributed by atoms with Crippen LogP contribution in [0.5, 0.6) is 0 Å². The molecular weight excluding hydrogens is 444 g/mol. The first-order valence-corrected chi connectivity index (χ1v) is 12.1. The van der Waals surface area contributed by atoms with Crippen LogP contribution in [-0.2, 0) is 19.6 Å². The maximum absolute atomic E-state index is 12.5. The Balaban J connectivity index is 1.98. The lowest BCUT2D eigenvalue weighted by molar-refractivity contribution is -0.123. The normalized spacial score (nSPS) is 11.8. The maximum Gasteiger partial charge on any atom is 0.338 e. The van der Waals surface area contributed by atoms with E-state index in [1.165, 1.54) is 28.6 Å². The molecule has 2 aromatic carbocycles. The molecule has 0 radical (unpaired) electrons. The molecule has 0 saturated carbocycles. The van der Waals surface area contributed by atoms with Crippen molar-refractivity contribution in [2.75, 3.05) is 25.0 Å². The standard InChI is InChI=1S/C24H30N2O6S/c1-6-26(7-2)33(30,31)20-14-10-18(11-15-20)22(28)32-16-21(27)17-8-12-19(13-9-17)25-23(29)24(3,4)5/h8-15H,6-7,16H2,1-5H3,(H,25,29). The van der Waals surface area contributed by atoms with E-state index >= 15 is 0 Å². The molecule has 2 aromatic rings. The zero-order chi connectivity index (χ0) is 24.8. The molecule has 0 spiro atoms. The third kappa shape index (κ3) is 6.72. The molecular formula is C24H30N2O6S. The van der Waals surface area contributed by atoms with Crippen LogP contribution in [0.1, 0.15) is 55.3 Å². The number of carbonyl (C=O) groups is 3. The molecule has 0 unspecified atom stereocenters. The minimum absolute atomic E-state index is 0.0810. The molecule has 0 aliphatic rings. The van der Waals surface area contributed by atoms with Crippen molar-refractivity contribution >= 4 is 33.4 Å². The van der Waals surface area contributed by atoms with Crippen LogP contribution in [-0.4, -0.2) is 50.1 Å². The van der Waals surface area contributed by atoms with Crippen molar-refractivity contribution in [2.24, 2.45) is 5.41 Å². The van der Waals surface area contributed by atoms with Crippen LogP contribution in [0.3, 0.4) is 0 Å².